The van der Waals surface area contributed by atoms with E-state index >= 15 is 0 Å². The molecule has 26 heavy (non-hydrogen) atoms. The topological polar surface area (TPSA) is 17.1 Å². The third-order valence-electron chi connectivity index (χ3n) is 6.99. The second kappa shape index (κ2) is 7.58. The number of aryl methyl sites for hydroxylation is 2. The van der Waals surface area contributed by atoms with Crippen LogP contribution in [0.4, 0.5) is 0 Å². The molecular formula is C24H31BO. The molecule has 0 saturated carbocycles. The molecule has 0 bridgehead atoms. The van der Waals surface area contributed by atoms with Crippen LogP contribution in [0.1, 0.15) is 62.6 Å². The fourth-order valence-corrected chi connectivity index (χ4v) is 5.60. The van der Waals surface area contributed by atoms with Crippen LogP contribution >= 0.6 is 0 Å². The van der Waals surface area contributed by atoms with E-state index in [4.69, 9.17) is 0 Å². The lowest BCUT2D eigenvalue weighted by Crippen LogP contribution is -2.46. The van der Waals surface area contributed by atoms with Crippen molar-refractivity contribution in [2.75, 3.05) is 0 Å². The molecule has 0 aromatic heterocycles. The van der Waals surface area contributed by atoms with E-state index in [9.17, 15) is 4.79 Å². The number of benzene rings is 1. The van der Waals surface area contributed by atoms with Gasteiger partial charge in [0.25, 0.3) is 0 Å². The summed E-state index contributed by atoms with van der Waals surface area (Å²) >= 11 is 0. The highest BCUT2D eigenvalue weighted by molar-refractivity contribution is 6.81. The van der Waals surface area contributed by atoms with Crippen LogP contribution in [0.2, 0.25) is 11.6 Å². The largest absolute Gasteiger partial charge is 0.300 e. The Morgan fingerprint density at radius 2 is 2.08 bits per heavy atom. The highest BCUT2D eigenvalue weighted by atomic mass is 16.1. The lowest BCUT2D eigenvalue weighted by Gasteiger charge is -2.35. The third kappa shape index (κ3) is 3.24. The van der Waals surface area contributed by atoms with Gasteiger partial charge in [0.2, 0.25) is 0 Å². The molecule has 4 rings (SSSR count). The van der Waals surface area contributed by atoms with Crippen molar-refractivity contribution in [1.29, 1.82) is 0 Å². The molecule has 0 aliphatic carbocycles. The summed E-state index contributed by atoms with van der Waals surface area (Å²) in [6, 6.07) is 4.76. The zero-order valence-electron chi connectivity index (χ0n) is 16.3. The van der Waals surface area contributed by atoms with Crippen LogP contribution in [0.15, 0.2) is 36.4 Å². The van der Waals surface area contributed by atoms with Gasteiger partial charge in [0.05, 0.1) is 0 Å². The summed E-state index contributed by atoms with van der Waals surface area (Å²) in [5, 5.41) is 0. The SMILES string of the molecule is CC/C=C\C=C/C(C)CCc1ccc2c3c1C[C@H]1B3C(CCC1=O)CC2. The van der Waals surface area contributed by atoms with E-state index in [2.05, 4.69) is 50.3 Å². The van der Waals surface area contributed by atoms with Gasteiger partial charge in [-0.25, -0.2) is 0 Å². The molecule has 0 radical (unpaired) electrons. The summed E-state index contributed by atoms with van der Waals surface area (Å²) in [4.78, 5) is 12.6. The predicted molar refractivity (Wildman–Crippen MR) is 112 cm³/mol. The molecule has 2 heteroatoms. The smallest absolute Gasteiger partial charge is 0.191 e. The zero-order chi connectivity index (χ0) is 18.1. The molecule has 2 unspecified atom stereocenters. The fraction of sp³-hybridized carbons (Fsp3) is 0.542. The molecule has 3 heterocycles. The molecule has 0 N–H and O–H groups in total. The lowest BCUT2D eigenvalue weighted by molar-refractivity contribution is -0.119. The molecule has 1 saturated heterocycles. The van der Waals surface area contributed by atoms with Crippen LogP contribution in [-0.2, 0) is 24.1 Å². The standard InChI is InChI=1S/C24H31BO/c1-3-4-5-6-7-17(2)8-9-18-10-11-19-12-13-20-14-15-23(26)22-16-21(18)24(19)25(20)22/h4-7,10-11,17,20,22H,3,8-9,12-16H2,1-2H3/b5-4-,7-6-/t17?,20?,22-/m1/s1. The fourth-order valence-electron chi connectivity index (χ4n) is 5.60. The average Bonchev–Trinajstić information content (AvgIpc) is 3.06. The summed E-state index contributed by atoms with van der Waals surface area (Å²) in [7, 11) is 0. The molecule has 3 aliphatic heterocycles. The van der Waals surface area contributed by atoms with Crippen LogP contribution in [0.5, 0.6) is 0 Å². The van der Waals surface area contributed by atoms with E-state index in [1.807, 2.05) is 0 Å². The molecule has 0 spiro atoms. The van der Waals surface area contributed by atoms with E-state index < -0.39 is 0 Å². The van der Waals surface area contributed by atoms with Crippen molar-refractivity contribution < 1.29 is 4.79 Å². The van der Waals surface area contributed by atoms with E-state index in [1.165, 1.54) is 24.8 Å². The molecule has 0 amide bonds. The van der Waals surface area contributed by atoms with Crippen molar-refractivity contribution in [2.24, 2.45) is 5.92 Å². The number of hydrogen-bond donors (Lipinski definition) is 0. The summed E-state index contributed by atoms with van der Waals surface area (Å²) in [5.74, 6) is 2.22. The first-order valence-corrected chi connectivity index (χ1v) is 10.7. The van der Waals surface area contributed by atoms with E-state index in [0.717, 1.165) is 37.9 Å². The number of rotatable bonds is 6. The van der Waals surface area contributed by atoms with E-state index in [1.54, 1.807) is 16.6 Å². The summed E-state index contributed by atoms with van der Waals surface area (Å²) in [5.41, 5.74) is 6.26. The third-order valence-corrected chi connectivity index (χ3v) is 6.99. The Morgan fingerprint density at radius 1 is 1.23 bits per heavy atom. The van der Waals surface area contributed by atoms with Crippen molar-refractivity contribution in [2.45, 2.75) is 76.8 Å². The number of ketones is 1. The second-order valence-corrected chi connectivity index (χ2v) is 8.65. The Hall–Kier alpha value is -1.57. The lowest BCUT2D eigenvalue weighted by atomic mass is 9.27. The van der Waals surface area contributed by atoms with Gasteiger partial charge >= 0.3 is 0 Å². The Labute approximate surface area is 159 Å². The Balaban J connectivity index is 1.52. The van der Waals surface area contributed by atoms with Crippen LogP contribution < -0.4 is 5.46 Å². The van der Waals surface area contributed by atoms with Crippen molar-refractivity contribution >= 4 is 18.0 Å². The Kier molecular flexibility index (Phi) is 5.20. The van der Waals surface area contributed by atoms with Crippen LogP contribution in [-0.4, -0.2) is 12.5 Å². The maximum absolute atomic E-state index is 12.6. The van der Waals surface area contributed by atoms with Gasteiger partial charge in [0.1, 0.15) is 5.78 Å². The number of carbonyl (C=O) groups is 1. The first kappa shape index (κ1) is 17.8. The molecule has 1 aromatic carbocycles. The average molecular weight is 346 g/mol. The van der Waals surface area contributed by atoms with Crippen molar-refractivity contribution in [3.05, 3.63) is 53.1 Å². The Bertz CT molecular complexity index is 745. The van der Waals surface area contributed by atoms with Gasteiger partial charge in [-0.15, -0.1) is 0 Å². The molecule has 1 aromatic rings. The van der Waals surface area contributed by atoms with Gasteiger partial charge in [-0.2, -0.15) is 0 Å². The molecule has 3 aliphatic rings. The van der Waals surface area contributed by atoms with Crippen LogP contribution in [0.3, 0.4) is 0 Å². The van der Waals surface area contributed by atoms with Gasteiger partial charge in [-0.1, -0.05) is 79.1 Å². The summed E-state index contributed by atoms with van der Waals surface area (Å²) in [6.45, 7) is 5.04. The van der Waals surface area contributed by atoms with Crippen molar-refractivity contribution in [1.82, 2.24) is 0 Å². The number of Topliss-reactive ketones (excluding diaryl/α,β-unsaturated/α-hetero) is 1. The predicted octanol–water partition coefficient (Wildman–Crippen LogP) is 5.09. The molecular weight excluding hydrogens is 315 g/mol. The van der Waals surface area contributed by atoms with Crippen LogP contribution in [0.25, 0.3) is 0 Å². The second-order valence-electron chi connectivity index (χ2n) is 8.65. The van der Waals surface area contributed by atoms with Gasteiger partial charge in [0.15, 0.2) is 6.71 Å². The summed E-state index contributed by atoms with van der Waals surface area (Å²) < 4.78 is 0. The summed E-state index contributed by atoms with van der Waals surface area (Å²) in [6.07, 6.45) is 17.8. The van der Waals surface area contributed by atoms with E-state index in [0.29, 0.717) is 24.2 Å². The number of allylic oxidation sites excluding steroid dienone is 4. The van der Waals surface area contributed by atoms with Crippen LogP contribution in [0, 0.1) is 5.92 Å². The van der Waals surface area contributed by atoms with E-state index in [-0.39, 0.29) is 0 Å². The maximum atomic E-state index is 12.6. The number of hydrogen-bond acceptors (Lipinski definition) is 1. The monoisotopic (exact) mass is 346 g/mol. The molecule has 3 atom stereocenters. The van der Waals surface area contributed by atoms with Gasteiger partial charge < -0.3 is 4.79 Å². The first-order valence-electron chi connectivity index (χ1n) is 10.7. The molecule has 136 valence electrons. The first-order chi connectivity index (χ1) is 12.7. The molecule has 1 fully saturated rings. The van der Waals surface area contributed by atoms with Crippen molar-refractivity contribution in [3.8, 4) is 0 Å². The van der Waals surface area contributed by atoms with Crippen molar-refractivity contribution in [3.63, 3.8) is 0 Å². The van der Waals surface area contributed by atoms with Gasteiger partial charge in [-0.05, 0) is 50.0 Å². The maximum Gasteiger partial charge on any atom is 0.191 e. The number of carbonyl (C=O) groups excluding carboxylic acids is 1. The quantitative estimate of drug-likeness (QED) is 0.518. The highest BCUT2D eigenvalue weighted by Gasteiger charge is 2.50. The molecule has 1 nitrogen and oxygen atoms in total. The minimum absolute atomic E-state index is 0.306. The highest BCUT2D eigenvalue weighted by Crippen LogP contribution is 2.46. The minimum atomic E-state index is 0.306. The normalized spacial score (nSPS) is 25.3. The van der Waals surface area contributed by atoms with Gasteiger partial charge in [0, 0.05) is 12.2 Å². The zero-order valence-corrected chi connectivity index (χ0v) is 16.3. The minimum Gasteiger partial charge on any atom is -0.300 e. The Morgan fingerprint density at radius 3 is 2.92 bits per heavy atom. The van der Waals surface area contributed by atoms with Gasteiger partial charge in [-0.3, -0.25) is 0 Å².